The number of carbonyl (C=O) groups is 1. The molecule has 2 aliphatic rings. The van der Waals surface area contributed by atoms with E-state index in [1.165, 1.54) is 24.6 Å². The quantitative estimate of drug-likeness (QED) is 0.545. The Kier molecular flexibility index (Phi) is 7.03. The Morgan fingerprint density at radius 3 is 2.34 bits per heavy atom. The van der Waals surface area contributed by atoms with Crippen molar-refractivity contribution in [2.24, 2.45) is 17.1 Å². The number of halogens is 2. The van der Waals surface area contributed by atoms with Crippen LogP contribution in [0.2, 0.25) is 0 Å². The van der Waals surface area contributed by atoms with Crippen LogP contribution in [0.5, 0.6) is 0 Å². The van der Waals surface area contributed by atoms with Gasteiger partial charge in [0.2, 0.25) is 5.91 Å². The lowest BCUT2D eigenvalue weighted by Gasteiger charge is -2.28. The van der Waals surface area contributed by atoms with Gasteiger partial charge in [-0.15, -0.1) is 0 Å². The Morgan fingerprint density at radius 2 is 1.81 bits per heavy atom. The third kappa shape index (κ3) is 5.54. The zero-order chi connectivity index (χ0) is 23.6. The van der Waals surface area contributed by atoms with E-state index in [1.807, 2.05) is 33.8 Å². The molecule has 4 rings (SSSR count). The van der Waals surface area contributed by atoms with E-state index in [-0.39, 0.29) is 28.9 Å². The molecule has 172 valence electrons. The largest absolute Gasteiger partial charge is 0.398 e. The highest BCUT2D eigenvalue weighted by Crippen LogP contribution is 2.47. The minimum Gasteiger partial charge on any atom is -0.398 e. The van der Waals surface area contributed by atoms with Gasteiger partial charge < -0.3 is 16.2 Å². The molecule has 32 heavy (non-hydrogen) atoms. The smallest absolute Gasteiger partial charge is 0.223 e. The molecule has 0 saturated heterocycles. The number of benzene rings is 2. The van der Waals surface area contributed by atoms with Crippen LogP contribution in [0.3, 0.4) is 0 Å². The molecule has 2 aromatic rings. The average Bonchev–Trinajstić information content (AvgIpc) is 3.39. The Bertz CT molecular complexity index is 1020. The molecule has 4 N–H and O–H groups in total. The monoisotopic (exact) mass is 442 g/mol. The SMILES string of the molecule is CC(C)(C)C(O)CNC(=O)C1CCC1.Cc1cc(F)c2c(c1)/C2=C(/N)c1ccc(F)cc1. The molecule has 0 aliphatic heterocycles. The van der Waals surface area contributed by atoms with Crippen molar-refractivity contribution in [2.45, 2.75) is 53.1 Å². The minimum atomic E-state index is -0.466. The molecule has 6 heteroatoms. The first kappa shape index (κ1) is 23.9. The Morgan fingerprint density at radius 1 is 1.19 bits per heavy atom. The van der Waals surface area contributed by atoms with Gasteiger partial charge in [0.05, 0.1) is 6.10 Å². The number of rotatable bonds is 4. The normalized spacial score (nSPS) is 17.3. The van der Waals surface area contributed by atoms with Gasteiger partial charge in [-0.3, -0.25) is 4.79 Å². The van der Waals surface area contributed by atoms with Gasteiger partial charge in [-0.1, -0.05) is 33.3 Å². The predicted molar refractivity (Wildman–Crippen MR) is 123 cm³/mol. The zero-order valence-electron chi connectivity index (χ0n) is 19.1. The molecule has 0 heterocycles. The van der Waals surface area contributed by atoms with Crippen molar-refractivity contribution in [3.8, 4) is 0 Å². The summed E-state index contributed by atoms with van der Waals surface area (Å²) < 4.78 is 26.5. The molecule has 2 aliphatic carbocycles. The van der Waals surface area contributed by atoms with E-state index >= 15 is 0 Å². The van der Waals surface area contributed by atoms with Gasteiger partial charge in [0.1, 0.15) is 11.6 Å². The van der Waals surface area contributed by atoms with Crippen molar-refractivity contribution < 1.29 is 18.7 Å². The second kappa shape index (κ2) is 9.41. The highest BCUT2D eigenvalue weighted by Gasteiger charge is 2.32. The third-order valence-electron chi connectivity index (χ3n) is 6.06. The number of amides is 1. The van der Waals surface area contributed by atoms with Crippen LogP contribution in [0.15, 0.2) is 36.4 Å². The van der Waals surface area contributed by atoms with Crippen LogP contribution >= 0.6 is 0 Å². The van der Waals surface area contributed by atoms with Gasteiger partial charge in [-0.25, -0.2) is 8.78 Å². The standard InChI is InChI=1S/C15H11F2N.C11H21NO2/c1-8-6-11-13(12(17)7-8)14(11)15(18)9-2-4-10(16)5-3-9;1-11(2,3)9(13)7-12-10(14)8-5-4-6-8/h2-7H,18H2,1H3;8-9,13H,4-7H2,1-3H3,(H,12,14)/b15-14-;. The summed E-state index contributed by atoms with van der Waals surface area (Å²) in [6, 6.07) is 9.28. The topological polar surface area (TPSA) is 75.3 Å². The van der Waals surface area contributed by atoms with Crippen LogP contribution in [0.1, 0.15) is 62.3 Å². The van der Waals surface area contributed by atoms with Gasteiger partial charge in [0.15, 0.2) is 0 Å². The summed E-state index contributed by atoms with van der Waals surface area (Å²) in [5, 5.41) is 12.5. The van der Waals surface area contributed by atoms with Crippen LogP contribution in [0.25, 0.3) is 11.3 Å². The average molecular weight is 443 g/mol. The number of nitrogens with two attached hydrogens (primary N) is 1. The van der Waals surface area contributed by atoms with Crippen molar-refractivity contribution in [3.63, 3.8) is 0 Å². The van der Waals surface area contributed by atoms with Crippen molar-refractivity contribution in [3.05, 3.63) is 70.3 Å². The maximum Gasteiger partial charge on any atom is 0.223 e. The molecule has 0 spiro atoms. The summed E-state index contributed by atoms with van der Waals surface area (Å²) >= 11 is 0. The molecule has 0 radical (unpaired) electrons. The van der Waals surface area contributed by atoms with Gasteiger partial charge >= 0.3 is 0 Å². The molecule has 4 nitrogen and oxygen atoms in total. The fourth-order valence-electron chi connectivity index (χ4n) is 3.51. The Balaban J connectivity index is 0.000000188. The zero-order valence-corrected chi connectivity index (χ0v) is 19.1. The predicted octanol–water partition coefficient (Wildman–Crippen LogP) is 4.77. The lowest BCUT2D eigenvalue weighted by Crippen LogP contribution is -2.42. The number of carbonyl (C=O) groups excluding carboxylic acids is 1. The number of hydrogen-bond acceptors (Lipinski definition) is 3. The first-order valence-corrected chi connectivity index (χ1v) is 11.0. The number of aliphatic hydroxyl groups is 1. The maximum atomic E-state index is 13.7. The van der Waals surface area contributed by atoms with E-state index in [2.05, 4.69) is 5.32 Å². The van der Waals surface area contributed by atoms with Crippen molar-refractivity contribution in [1.29, 1.82) is 0 Å². The number of aliphatic hydroxyl groups excluding tert-OH is 1. The van der Waals surface area contributed by atoms with E-state index in [1.54, 1.807) is 12.1 Å². The summed E-state index contributed by atoms with van der Waals surface area (Å²) in [6.45, 7) is 8.11. The highest BCUT2D eigenvalue weighted by atomic mass is 19.1. The second-order valence-electron chi connectivity index (χ2n) is 9.72. The summed E-state index contributed by atoms with van der Waals surface area (Å²) in [6.07, 6.45) is 2.72. The number of aryl methyl sites for hydroxylation is 1. The molecule has 0 aromatic heterocycles. The first-order valence-electron chi connectivity index (χ1n) is 11.0. The van der Waals surface area contributed by atoms with Gasteiger partial charge in [0.25, 0.3) is 0 Å². The molecular weight excluding hydrogens is 410 g/mol. The van der Waals surface area contributed by atoms with E-state index in [0.29, 0.717) is 23.4 Å². The van der Waals surface area contributed by atoms with Gasteiger partial charge in [-0.2, -0.15) is 0 Å². The molecule has 1 amide bonds. The number of hydrogen-bond donors (Lipinski definition) is 3. The van der Waals surface area contributed by atoms with E-state index < -0.39 is 6.10 Å². The summed E-state index contributed by atoms with van der Waals surface area (Å²) in [7, 11) is 0. The first-order chi connectivity index (χ1) is 15.0. The lowest BCUT2D eigenvalue weighted by atomic mass is 9.84. The fraction of sp³-hybridized carbons (Fsp3) is 0.423. The Labute approximate surface area is 188 Å². The Hall–Kier alpha value is -2.73. The van der Waals surface area contributed by atoms with Crippen molar-refractivity contribution in [1.82, 2.24) is 5.32 Å². The summed E-state index contributed by atoms with van der Waals surface area (Å²) in [5.41, 5.74) is 10.1. The second-order valence-corrected chi connectivity index (χ2v) is 9.72. The molecule has 0 bridgehead atoms. The number of fused-ring (bicyclic) bond motifs is 1. The fourth-order valence-corrected chi connectivity index (χ4v) is 3.51. The lowest BCUT2D eigenvalue weighted by molar-refractivity contribution is -0.128. The number of nitrogens with one attached hydrogen (secondary N) is 1. The third-order valence-corrected chi connectivity index (χ3v) is 6.06. The van der Waals surface area contributed by atoms with Crippen molar-refractivity contribution >= 4 is 17.2 Å². The molecule has 2 aromatic carbocycles. The maximum absolute atomic E-state index is 13.7. The van der Waals surface area contributed by atoms with Crippen LogP contribution in [-0.2, 0) is 4.79 Å². The summed E-state index contributed by atoms with van der Waals surface area (Å²) in [4.78, 5) is 11.4. The van der Waals surface area contributed by atoms with Crippen LogP contribution in [0, 0.1) is 29.9 Å². The summed E-state index contributed by atoms with van der Waals surface area (Å²) in [5.74, 6) is -0.237. The van der Waals surface area contributed by atoms with E-state index in [4.69, 9.17) is 5.73 Å². The minimum absolute atomic E-state index is 0.111. The van der Waals surface area contributed by atoms with Crippen LogP contribution < -0.4 is 11.1 Å². The molecule has 1 saturated carbocycles. The van der Waals surface area contributed by atoms with Crippen molar-refractivity contribution in [2.75, 3.05) is 6.54 Å². The van der Waals surface area contributed by atoms with E-state index in [0.717, 1.165) is 29.5 Å². The van der Waals surface area contributed by atoms with Gasteiger partial charge in [-0.05, 0) is 72.2 Å². The molecular formula is C26H32F2N2O2. The van der Waals surface area contributed by atoms with Crippen LogP contribution in [0.4, 0.5) is 8.78 Å². The van der Waals surface area contributed by atoms with Gasteiger partial charge in [0, 0.05) is 29.3 Å². The van der Waals surface area contributed by atoms with Crippen LogP contribution in [-0.4, -0.2) is 23.7 Å². The highest BCUT2D eigenvalue weighted by molar-refractivity contribution is 6.12. The van der Waals surface area contributed by atoms with E-state index in [9.17, 15) is 18.7 Å². The molecule has 1 atom stereocenters. The molecule has 1 fully saturated rings. The molecule has 1 unspecified atom stereocenters.